The molecule has 314 valence electrons. The molecule has 0 saturated carbocycles. The molecule has 0 fully saturated rings. The number of furan rings is 1. The quantitative estimate of drug-likeness (QED) is 0.159. The van der Waals surface area contributed by atoms with Crippen LogP contribution in [0.4, 0.5) is 17.1 Å². The molecular weight excluding hydrogens is 839 g/mol. The molecule has 2 aliphatic rings. The summed E-state index contributed by atoms with van der Waals surface area (Å²) in [5, 5.41) is 5.35. The van der Waals surface area contributed by atoms with Gasteiger partial charge in [-0.1, -0.05) is 170 Å². The van der Waals surface area contributed by atoms with E-state index in [1.807, 2.05) is 23.1 Å². The number of benzene rings is 9. The van der Waals surface area contributed by atoms with Crippen LogP contribution in [0.5, 0.6) is 0 Å². The molecule has 0 spiro atoms. The Bertz CT molecular complexity index is 3760. The van der Waals surface area contributed by atoms with Crippen LogP contribution in [0.25, 0.3) is 86.6 Å². The minimum absolute atomic E-state index is 0.431. The third kappa shape index (κ3) is 6.31. The van der Waals surface area contributed by atoms with Gasteiger partial charge in [-0.2, -0.15) is 0 Å². The lowest BCUT2D eigenvalue weighted by molar-refractivity contribution is 0.670. The van der Waals surface area contributed by atoms with E-state index in [9.17, 15) is 0 Å². The van der Waals surface area contributed by atoms with Crippen molar-refractivity contribution in [3.05, 3.63) is 229 Å². The summed E-state index contributed by atoms with van der Waals surface area (Å²) in [6.45, 7) is 4.36. The fraction of sp³-hybridized carbons (Fsp3) is 0.0645. The normalized spacial score (nSPS) is 15.2. The average molecular weight is 882 g/mol. The van der Waals surface area contributed by atoms with Gasteiger partial charge < -0.3 is 9.32 Å². The van der Waals surface area contributed by atoms with Crippen molar-refractivity contribution < 1.29 is 4.42 Å². The lowest BCUT2D eigenvalue weighted by Gasteiger charge is -2.26. The van der Waals surface area contributed by atoms with Crippen molar-refractivity contribution in [1.82, 2.24) is 0 Å². The van der Waals surface area contributed by atoms with Gasteiger partial charge in [0.25, 0.3) is 0 Å². The minimum Gasteiger partial charge on any atom is -0.455 e. The molecule has 2 unspecified atom stereocenters. The van der Waals surface area contributed by atoms with Gasteiger partial charge in [0.2, 0.25) is 0 Å². The van der Waals surface area contributed by atoms with Gasteiger partial charge in [0.05, 0.1) is 0 Å². The number of thioether (sulfide) groups is 1. The van der Waals surface area contributed by atoms with Gasteiger partial charge in [0.15, 0.2) is 0 Å². The highest BCUT2D eigenvalue weighted by atomic mass is 32.2. The molecule has 1 aliphatic carbocycles. The van der Waals surface area contributed by atoms with E-state index in [1.54, 1.807) is 0 Å². The van der Waals surface area contributed by atoms with E-state index in [1.165, 1.54) is 75.1 Å². The number of hydrogen-bond donors (Lipinski definition) is 0. The van der Waals surface area contributed by atoms with Crippen molar-refractivity contribution in [1.29, 1.82) is 0 Å². The number of nitrogens with zero attached hydrogens (tertiary/aromatic N) is 1. The van der Waals surface area contributed by atoms with E-state index in [0.717, 1.165) is 50.1 Å². The maximum Gasteiger partial charge on any atom is 0.143 e. The number of allylic oxidation sites excluding steroid dienone is 3. The Morgan fingerprint density at radius 1 is 0.439 bits per heavy atom. The predicted molar refractivity (Wildman–Crippen MR) is 283 cm³/mol. The third-order valence-electron chi connectivity index (χ3n) is 13.7. The van der Waals surface area contributed by atoms with E-state index in [2.05, 4.69) is 231 Å². The SMILES string of the molecule is Cc1ccccc1-c1c(C)ccc2c1oc1c(-c3ccc(N(c4ccc(-c5cccc6c5SC5C=CC=CC65)cc4)c4ccc(-c5cccc6c5sc5ccccc56)cc4)cc3)cccc12. The second kappa shape index (κ2) is 15.7. The Labute approximate surface area is 392 Å². The lowest BCUT2D eigenvalue weighted by atomic mass is 9.90. The molecule has 4 heteroatoms. The fourth-order valence-corrected chi connectivity index (χ4v) is 13.2. The van der Waals surface area contributed by atoms with Crippen LogP contribution in [-0.2, 0) is 0 Å². The van der Waals surface area contributed by atoms with Crippen LogP contribution in [0.3, 0.4) is 0 Å². The molecule has 0 saturated heterocycles. The van der Waals surface area contributed by atoms with Gasteiger partial charge in [0, 0.05) is 75.2 Å². The largest absolute Gasteiger partial charge is 0.455 e. The van der Waals surface area contributed by atoms with Gasteiger partial charge in [-0.15, -0.1) is 23.1 Å². The first-order valence-electron chi connectivity index (χ1n) is 22.7. The summed E-state index contributed by atoms with van der Waals surface area (Å²) in [7, 11) is 0. The Balaban J connectivity index is 0.901. The first kappa shape index (κ1) is 39.0. The fourth-order valence-electron chi connectivity index (χ4n) is 10.5. The molecule has 13 rings (SSSR count). The van der Waals surface area contributed by atoms with Gasteiger partial charge in [0.1, 0.15) is 11.2 Å². The van der Waals surface area contributed by atoms with E-state index < -0.39 is 0 Å². The molecule has 2 atom stereocenters. The molecule has 3 heterocycles. The number of fused-ring (bicyclic) bond motifs is 9. The molecule has 0 bridgehead atoms. The van der Waals surface area contributed by atoms with E-state index >= 15 is 0 Å². The molecule has 2 nitrogen and oxygen atoms in total. The molecule has 9 aromatic carbocycles. The second-order valence-electron chi connectivity index (χ2n) is 17.6. The summed E-state index contributed by atoms with van der Waals surface area (Å²) in [5.41, 5.74) is 18.6. The van der Waals surface area contributed by atoms with Crippen LogP contribution in [0.2, 0.25) is 0 Å². The molecule has 1 aliphatic heterocycles. The Morgan fingerprint density at radius 2 is 1.02 bits per heavy atom. The smallest absolute Gasteiger partial charge is 0.143 e. The number of anilines is 3. The standard InChI is InChI=1S/C62H43NOS2/c1-38-12-3-4-13-46(38)58-39(2)24-37-53-52-19-9-16-47(59(52)64-60(53)58)40-25-31-43(32-26-40)63(44-33-27-41(28-34-44)48-17-10-20-54-50-14-5-7-22-56(50)65-61(48)54)45-35-29-42(30-36-45)49-18-11-21-55-51-15-6-8-23-57(51)66-62(49)55/h3-37,50,56H,1-2H3. The summed E-state index contributed by atoms with van der Waals surface area (Å²) in [4.78, 5) is 3.78. The molecule has 66 heavy (non-hydrogen) atoms. The van der Waals surface area contributed by atoms with Crippen LogP contribution in [0.15, 0.2) is 222 Å². The molecular formula is C62H43NOS2. The summed E-state index contributed by atoms with van der Waals surface area (Å²) in [6.07, 6.45) is 9.09. The van der Waals surface area contributed by atoms with Crippen molar-refractivity contribution in [2.45, 2.75) is 29.9 Å². The molecule has 11 aromatic rings. The summed E-state index contributed by atoms with van der Waals surface area (Å²) in [6, 6.07) is 69.1. The highest BCUT2D eigenvalue weighted by Crippen LogP contribution is 2.52. The van der Waals surface area contributed by atoms with Gasteiger partial charge in [-0.3, -0.25) is 0 Å². The number of hydrogen-bond acceptors (Lipinski definition) is 4. The predicted octanol–water partition coefficient (Wildman–Crippen LogP) is 18.4. The van der Waals surface area contributed by atoms with Crippen molar-refractivity contribution in [3.8, 4) is 44.5 Å². The third-order valence-corrected chi connectivity index (χ3v) is 16.4. The molecule has 2 aromatic heterocycles. The number of rotatable bonds is 7. The lowest BCUT2D eigenvalue weighted by Crippen LogP contribution is -2.09. The highest BCUT2D eigenvalue weighted by molar-refractivity contribution is 8.00. The van der Waals surface area contributed by atoms with Gasteiger partial charge in [-0.25, -0.2) is 0 Å². The van der Waals surface area contributed by atoms with Crippen LogP contribution in [-0.4, -0.2) is 5.25 Å². The molecule has 0 N–H and O–H groups in total. The van der Waals surface area contributed by atoms with E-state index in [0.29, 0.717) is 11.2 Å². The van der Waals surface area contributed by atoms with Crippen LogP contribution < -0.4 is 4.90 Å². The topological polar surface area (TPSA) is 16.4 Å². The summed E-state index contributed by atoms with van der Waals surface area (Å²) < 4.78 is 9.60. The van der Waals surface area contributed by atoms with Gasteiger partial charge in [-0.05, 0) is 106 Å². The maximum atomic E-state index is 6.95. The van der Waals surface area contributed by atoms with E-state index in [4.69, 9.17) is 4.42 Å². The summed E-state index contributed by atoms with van der Waals surface area (Å²) >= 11 is 3.87. The number of aryl methyl sites for hydroxylation is 2. The van der Waals surface area contributed by atoms with Crippen LogP contribution >= 0.6 is 23.1 Å². The maximum absolute atomic E-state index is 6.95. The van der Waals surface area contributed by atoms with Gasteiger partial charge >= 0.3 is 0 Å². The van der Waals surface area contributed by atoms with Crippen molar-refractivity contribution >= 4 is 82.3 Å². The van der Waals surface area contributed by atoms with Crippen molar-refractivity contribution in [3.63, 3.8) is 0 Å². The zero-order valence-electron chi connectivity index (χ0n) is 36.5. The Kier molecular flexibility index (Phi) is 9.26. The zero-order chi connectivity index (χ0) is 43.9. The average Bonchev–Trinajstić information content (AvgIpc) is 4.07. The first-order chi connectivity index (χ1) is 32.6. The number of thiophene rings is 1. The van der Waals surface area contributed by atoms with Crippen molar-refractivity contribution in [2.24, 2.45) is 0 Å². The van der Waals surface area contributed by atoms with Crippen molar-refractivity contribution in [2.75, 3.05) is 4.90 Å². The molecule has 0 radical (unpaired) electrons. The minimum atomic E-state index is 0.431. The van der Waals surface area contributed by atoms with Crippen LogP contribution in [0.1, 0.15) is 22.6 Å². The Hall–Kier alpha value is -7.37. The zero-order valence-corrected chi connectivity index (χ0v) is 38.2. The number of para-hydroxylation sites is 1. The summed E-state index contributed by atoms with van der Waals surface area (Å²) in [5.74, 6) is 0.431. The Morgan fingerprint density at radius 3 is 1.77 bits per heavy atom. The molecule has 0 amide bonds. The highest BCUT2D eigenvalue weighted by Gasteiger charge is 2.32. The first-order valence-corrected chi connectivity index (χ1v) is 24.4. The second-order valence-corrected chi connectivity index (χ2v) is 19.8. The monoisotopic (exact) mass is 881 g/mol. The van der Waals surface area contributed by atoms with E-state index in [-0.39, 0.29) is 0 Å². The van der Waals surface area contributed by atoms with Crippen LogP contribution in [0, 0.1) is 13.8 Å².